The molecule has 0 aromatic heterocycles. The van der Waals surface area contributed by atoms with Crippen LogP contribution in [0.15, 0.2) is 0 Å². The van der Waals surface area contributed by atoms with Gasteiger partial charge in [0, 0.05) is 26.2 Å². The van der Waals surface area contributed by atoms with Gasteiger partial charge in [-0.1, -0.05) is 0 Å². The lowest BCUT2D eigenvalue weighted by Gasteiger charge is -2.18. The highest BCUT2D eigenvalue weighted by Gasteiger charge is 2.17. The van der Waals surface area contributed by atoms with Gasteiger partial charge in [0.25, 0.3) is 0 Å². The summed E-state index contributed by atoms with van der Waals surface area (Å²) in [5.41, 5.74) is 0. The van der Waals surface area contributed by atoms with Crippen LogP contribution < -0.4 is 10.6 Å². The predicted octanol–water partition coefficient (Wildman–Crippen LogP) is 0.160. The first-order valence-corrected chi connectivity index (χ1v) is 6.84. The van der Waals surface area contributed by atoms with E-state index in [1.54, 1.807) is 7.05 Å². The number of nitrogens with one attached hydrogen (secondary N) is 2. The number of rotatable bonds is 7. The van der Waals surface area contributed by atoms with Crippen molar-refractivity contribution in [2.45, 2.75) is 38.8 Å². The average Bonchev–Trinajstić information content (AvgIpc) is 2.80. The van der Waals surface area contributed by atoms with E-state index in [1.807, 2.05) is 13.8 Å². The van der Waals surface area contributed by atoms with Gasteiger partial charge in [-0.15, -0.1) is 12.4 Å². The molecule has 0 spiro atoms. The number of nitrogens with zero attached hydrogens (tertiary/aromatic N) is 1. The second kappa shape index (κ2) is 9.96. The second-order valence-corrected chi connectivity index (χ2v) is 5.24. The van der Waals surface area contributed by atoms with Crippen molar-refractivity contribution >= 4 is 24.2 Å². The quantitative estimate of drug-likeness (QED) is 0.703. The number of hydrogen-bond donors (Lipinski definition) is 2. The van der Waals surface area contributed by atoms with Crippen molar-refractivity contribution in [2.75, 3.05) is 33.3 Å². The molecule has 0 saturated carbocycles. The van der Waals surface area contributed by atoms with Crippen molar-refractivity contribution in [3.05, 3.63) is 0 Å². The first kappa shape index (κ1) is 19.1. The molecule has 20 heavy (non-hydrogen) atoms. The molecule has 0 aromatic carbocycles. The van der Waals surface area contributed by atoms with Crippen LogP contribution >= 0.6 is 12.4 Å². The fourth-order valence-corrected chi connectivity index (χ4v) is 1.95. The van der Waals surface area contributed by atoms with E-state index in [0.29, 0.717) is 6.54 Å². The number of carbonyl (C=O) groups excluding carboxylic acids is 2. The van der Waals surface area contributed by atoms with Crippen molar-refractivity contribution in [3.8, 4) is 0 Å². The Morgan fingerprint density at radius 2 is 2.10 bits per heavy atom. The highest BCUT2D eigenvalue weighted by atomic mass is 35.5. The zero-order valence-electron chi connectivity index (χ0n) is 12.5. The molecule has 0 radical (unpaired) electrons. The molecule has 1 heterocycles. The van der Waals surface area contributed by atoms with E-state index in [0.717, 1.165) is 19.4 Å². The van der Waals surface area contributed by atoms with Gasteiger partial charge in [-0.05, 0) is 26.7 Å². The maximum Gasteiger partial charge on any atom is 0.239 e. The van der Waals surface area contributed by atoms with Crippen LogP contribution in [0, 0.1) is 0 Å². The Labute approximate surface area is 127 Å². The molecule has 0 aliphatic carbocycles. The predicted molar refractivity (Wildman–Crippen MR) is 80.0 cm³/mol. The van der Waals surface area contributed by atoms with Crippen molar-refractivity contribution in [2.24, 2.45) is 0 Å². The molecule has 1 rings (SSSR count). The Morgan fingerprint density at radius 3 is 2.65 bits per heavy atom. The lowest BCUT2D eigenvalue weighted by Crippen LogP contribution is -2.44. The van der Waals surface area contributed by atoms with E-state index in [-0.39, 0.29) is 49.5 Å². The molecule has 0 bridgehead atoms. The van der Waals surface area contributed by atoms with E-state index in [4.69, 9.17) is 4.74 Å². The molecular weight excluding hydrogens is 282 g/mol. The molecule has 7 heteroatoms. The standard InChI is InChI=1S/C13H25N3O3.ClH/c1-10(2)15-12(17)9-16(3)13(18)8-14-7-11-5-4-6-19-11;/h10-11,14H,4-9H2,1-3H3,(H,15,17);1H. The number of hydrogen-bond acceptors (Lipinski definition) is 4. The minimum Gasteiger partial charge on any atom is -0.377 e. The molecule has 1 aliphatic rings. The van der Waals surface area contributed by atoms with Crippen molar-refractivity contribution < 1.29 is 14.3 Å². The molecule has 1 fully saturated rings. The van der Waals surface area contributed by atoms with Crippen LogP contribution in [-0.2, 0) is 14.3 Å². The largest absolute Gasteiger partial charge is 0.377 e. The van der Waals surface area contributed by atoms with Crippen LogP contribution in [0.25, 0.3) is 0 Å². The highest BCUT2D eigenvalue weighted by molar-refractivity contribution is 5.85. The van der Waals surface area contributed by atoms with Gasteiger partial charge in [0.2, 0.25) is 11.8 Å². The van der Waals surface area contributed by atoms with Crippen LogP contribution in [-0.4, -0.2) is 62.1 Å². The first-order chi connectivity index (χ1) is 8.99. The topological polar surface area (TPSA) is 70.7 Å². The van der Waals surface area contributed by atoms with Gasteiger partial charge in [-0.2, -0.15) is 0 Å². The molecular formula is C13H26ClN3O3. The van der Waals surface area contributed by atoms with Gasteiger partial charge < -0.3 is 20.3 Å². The van der Waals surface area contributed by atoms with E-state index in [1.165, 1.54) is 4.90 Å². The zero-order valence-corrected chi connectivity index (χ0v) is 13.3. The van der Waals surface area contributed by atoms with E-state index in [2.05, 4.69) is 10.6 Å². The summed E-state index contributed by atoms with van der Waals surface area (Å²) < 4.78 is 5.45. The third-order valence-corrected chi connectivity index (χ3v) is 2.93. The highest BCUT2D eigenvalue weighted by Crippen LogP contribution is 2.10. The Balaban J connectivity index is 0.00000361. The fraction of sp³-hybridized carbons (Fsp3) is 0.846. The summed E-state index contributed by atoms with van der Waals surface area (Å²) in [5, 5.41) is 5.83. The molecule has 0 aromatic rings. The van der Waals surface area contributed by atoms with Gasteiger partial charge in [-0.3, -0.25) is 9.59 Å². The van der Waals surface area contributed by atoms with E-state index in [9.17, 15) is 9.59 Å². The molecule has 1 saturated heterocycles. The average molecular weight is 308 g/mol. The maximum atomic E-state index is 11.8. The number of ether oxygens (including phenoxy) is 1. The number of amides is 2. The third kappa shape index (κ3) is 7.67. The van der Waals surface area contributed by atoms with Crippen LogP contribution in [0.2, 0.25) is 0 Å². The minimum absolute atomic E-state index is 0. The van der Waals surface area contributed by atoms with Crippen LogP contribution in [0.1, 0.15) is 26.7 Å². The van der Waals surface area contributed by atoms with Crippen molar-refractivity contribution in [1.82, 2.24) is 15.5 Å². The minimum atomic E-state index is -0.134. The summed E-state index contributed by atoms with van der Waals surface area (Å²) in [6, 6.07) is 0.0913. The van der Waals surface area contributed by atoms with Crippen molar-refractivity contribution in [1.29, 1.82) is 0 Å². The Bertz CT molecular complexity index is 307. The Kier molecular flexibility index (Phi) is 9.54. The van der Waals surface area contributed by atoms with Gasteiger partial charge in [0.1, 0.15) is 0 Å². The summed E-state index contributed by atoms with van der Waals surface area (Å²) >= 11 is 0. The normalized spacial score (nSPS) is 17.7. The molecule has 118 valence electrons. The Morgan fingerprint density at radius 1 is 1.40 bits per heavy atom. The summed E-state index contributed by atoms with van der Waals surface area (Å²) in [6.07, 6.45) is 2.37. The zero-order chi connectivity index (χ0) is 14.3. The van der Waals surface area contributed by atoms with Crippen LogP contribution in [0.5, 0.6) is 0 Å². The number of halogens is 1. The molecule has 1 unspecified atom stereocenters. The summed E-state index contributed by atoms with van der Waals surface area (Å²) in [4.78, 5) is 24.7. The smallest absolute Gasteiger partial charge is 0.239 e. The van der Waals surface area contributed by atoms with E-state index >= 15 is 0 Å². The molecule has 1 aliphatic heterocycles. The molecule has 2 N–H and O–H groups in total. The second-order valence-electron chi connectivity index (χ2n) is 5.24. The van der Waals surface area contributed by atoms with Gasteiger partial charge in [0.15, 0.2) is 0 Å². The number of likely N-dealkylation sites (N-methyl/N-ethyl adjacent to an activating group) is 1. The van der Waals surface area contributed by atoms with Crippen LogP contribution in [0.4, 0.5) is 0 Å². The summed E-state index contributed by atoms with van der Waals surface area (Å²) in [5.74, 6) is -0.220. The fourth-order valence-electron chi connectivity index (χ4n) is 1.95. The molecule has 1 atom stereocenters. The van der Waals surface area contributed by atoms with E-state index < -0.39 is 0 Å². The summed E-state index contributed by atoms with van der Waals surface area (Å²) in [6.45, 7) is 5.63. The van der Waals surface area contributed by atoms with Crippen LogP contribution in [0.3, 0.4) is 0 Å². The first-order valence-electron chi connectivity index (χ1n) is 6.84. The molecule has 2 amide bonds. The maximum absolute atomic E-state index is 11.8. The van der Waals surface area contributed by atoms with Gasteiger partial charge in [-0.25, -0.2) is 0 Å². The molecule has 6 nitrogen and oxygen atoms in total. The van der Waals surface area contributed by atoms with Crippen molar-refractivity contribution in [3.63, 3.8) is 0 Å². The summed E-state index contributed by atoms with van der Waals surface area (Å²) in [7, 11) is 1.63. The Hall–Kier alpha value is -0.850. The number of carbonyl (C=O) groups is 2. The van der Waals surface area contributed by atoms with Gasteiger partial charge >= 0.3 is 0 Å². The lowest BCUT2D eigenvalue weighted by atomic mass is 10.2. The SMILES string of the molecule is CC(C)NC(=O)CN(C)C(=O)CNCC1CCCO1.Cl. The third-order valence-electron chi connectivity index (χ3n) is 2.93. The monoisotopic (exact) mass is 307 g/mol. The lowest BCUT2D eigenvalue weighted by molar-refractivity contribution is -0.134. The van der Waals surface area contributed by atoms with Gasteiger partial charge in [0.05, 0.1) is 19.2 Å².